The molecule has 2 unspecified atom stereocenters. The molecule has 2 rings (SSSR count). The lowest BCUT2D eigenvalue weighted by atomic mass is 9.85. The number of amides is 1. The minimum absolute atomic E-state index is 0.00638. The van der Waals surface area contributed by atoms with Gasteiger partial charge in [-0.15, -0.1) is 0 Å². The first-order chi connectivity index (χ1) is 9.11. The van der Waals surface area contributed by atoms with E-state index in [2.05, 4.69) is 5.32 Å². The molecule has 2 aliphatic rings. The summed E-state index contributed by atoms with van der Waals surface area (Å²) in [6.07, 6.45) is 4.14. The molecule has 1 saturated heterocycles. The fraction of sp³-hybridized carbons (Fsp3) is 0.857. The molecule has 1 aliphatic carbocycles. The van der Waals surface area contributed by atoms with Crippen molar-refractivity contribution >= 4 is 11.9 Å². The zero-order chi connectivity index (χ0) is 13.8. The summed E-state index contributed by atoms with van der Waals surface area (Å²) in [7, 11) is 1.43. The Morgan fingerprint density at radius 3 is 2.37 bits per heavy atom. The van der Waals surface area contributed by atoms with E-state index in [1.807, 2.05) is 6.92 Å². The molecule has 2 fully saturated rings. The molecular formula is C14H23NO4. The smallest absolute Gasteiger partial charge is 0.308 e. The first-order valence-corrected chi connectivity index (χ1v) is 7.11. The molecule has 1 N–H and O–H groups in total. The highest BCUT2D eigenvalue weighted by molar-refractivity contribution is 5.79. The molecule has 2 atom stereocenters. The number of rotatable bonds is 3. The van der Waals surface area contributed by atoms with Crippen LogP contribution in [0.3, 0.4) is 0 Å². The first-order valence-electron chi connectivity index (χ1n) is 7.11. The fourth-order valence-corrected chi connectivity index (χ4v) is 3.02. The molecule has 0 aromatic rings. The van der Waals surface area contributed by atoms with Crippen LogP contribution in [-0.2, 0) is 19.1 Å². The Morgan fingerprint density at radius 1 is 1.16 bits per heavy atom. The summed E-state index contributed by atoms with van der Waals surface area (Å²) < 4.78 is 10.2. The average Bonchev–Trinajstić information content (AvgIpc) is 2.85. The van der Waals surface area contributed by atoms with Gasteiger partial charge in [-0.2, -0.15) is 0 Å². The highest BCUT2D eigenvalue weighted by Crippen LogP contribution is 2.26. The van der Waals surface area contributed by atoms with Crippen LogP contribution in [0.25, 0.3) is 0 Å². The molecule has 0 bridgehead atoms. The van der Waals surface area contributed by atoms with E-state index in [0.29, 0.717) is 6.61 Å². The Bertz CT molecular complexity index is 336. The van der Waals surface area contributed by atoms with Gasteiger partial charge in [0.2, 0.25) is 5.91 Å². The summed E-state index contributed by atoms with van der Waals surface area (Å²) in [6.45, 7) is 2.62. The van der Waals surface area contributed by atoms with Gasteiger partial charge in [0, 0.05) is 12.6 Å². The lowest BCUT2D eigenvalue weighted by Gasteiger charge is -2.28. The lowest BCUT2D eigenvalue weighted by molar-refractivity contribution is -0.146. The molecule has 0 aromatic carbocycles. The van der Waals surface area contributed by atoms with Crippen molar-refractivity contribution in [2.45, 2.75) is 51.2 Å². The fourth-order valence-electron chi connectivity index (χ4n) is 3.02. The maximum absolute atomic E-state index is 12.1. The van der Waals surface area contributed by atoms with E-state index >= 15 is 0 Å². The number of esters is 1. The molecule has 1 heterocycles. The Hall–Kier alpha value is -1.10. The summed E-state index contributed by atoms with van der Waals surface area (Å²) in [5.74, 6) is -0.0284. The Labute approximate surface area is 114 Å². The number of methoxy groups -OCH3 is 1. The van der Waals surface area contributed by atoms with E-state index in [-0.39, 0.29) is 35.9 Å². The quantitative estimate of drug-likeness (QED) is 0.783. The SMILES string of the molecule is COC(=O)C1CCC(NC(=O)C2CCOC2C)CC1. The van der Waals surface area contributed by atoms with Crippen LogP contribution >= 0.6 is 0 Å². The number of carbonyl (C=O) groups is 2. The molecule has 1 amide bonds. The number of nitrogens with one attached hydrogen (secondary N) is 1. The normalized spacial score (nSPS) is 34.8. The zero-order valence-corrected chi connectivity index (χ0v) is 11.7. The van der Waals surface area contributed by atoms with Crippen LogP contribution in [-0.4, -0.2) is 37.7 Å². The molecule has 0 radical (unpaired) electrons. The van der Waals surface area contributed by atoms with E-state index in [1.54, 1.807) is 0 Å². The Kier molecular flexibility index (Phi) is 4.80. The third kappa shape index (κ3) is 3.47. The van der Waals surface area contributed by atoms with Gasteiger partial charge in [-0.3, -0.25) is 9.59 Å². The molecular weight excluding hydrogens is 246 g/mol. The molecule has 5 nitrogen and oxygen atoms in total. The molecule has 0 aromatic heterocycles. The van der Waals surface area contributed by atoms with Gasteiger partial charge in [-0.1, -0.05) is 0 Å². The van der Waals surface area contributed by atoms with Gasteiger partial charge in [0.25, 0.3) is 0 Å². The molecule has 1 saturated carbocycles. The van der Waals surface area contributed by atoms with Crippen LogP contribution in [0.4, 0.5) is 0 Å². The number of ether oxygens (including phenoxy) is 2. The molecule has 1 aliphatic heterocycles. The van der Waals surface area contributed by atoms with Crippen molar-refractivity contribution in [3.8, 4) is 0 Å². The van der Waals surface area contributed by atoms with Crippen LogP contribution in [0, 0.1) is 11.8 Å². The highest BCUT2D eigenvalue weighted by atomic mass is 16.5. The molecule has 19 heavy (non-hydrogen) atoms. The standard InChI is InChI=1S/C14H23NO4/c1-9-12(7-8-19-9)13(16)15-11-5-3-10(4-6-11)14(17)18-2/h9-12H,3-8H2,1-2H3,(H,15,16). The summed E-state index contributed by atoms with van der Waals surface area (Å²) in [6, 6.07) is 0.196. The maximum atomic E-state index is 12.1. The van der Waals surface area contributed by atoms with Crippen LogP contribution in [0.15, 0.2) is 0 Å². The second kappa shape index (κ2) is 6.37. The van der Waals surface area contributed by atoms with Gasteiger partial charge in [-0.05, 0) is 39.0 Å². The van der Waals surface area contributed by atoms with E-state index < -0.39 is 0 Å². The van der Waals surface area contributed by atoms with E-state index in [1.165, 1.54) is 7.11 Å². The Morgan fingerprint density at radius 2 is 1.84 bits per heavy atom. The largest absolute Gasteiger partial charge is 0.469 e. The summed E-state index contributed by atoms with van der Waals surface area (Å²) >= 11 is 0. The van der Waals surface area contributed by atoms with E-state index in [9.17, 15) is 9.59 Å². The van der Waals surface area contributed by atoms with Crippen LogP contribution in [0.2, 0.25) is 0 Å². The molecule has 5 heteroatoms. The van der Waals surface area contributed by atoms with Crippen molar-refractivity contribution in [3.63, 3.8) is 0 Å². The maximum Gasteiger partial charge on any atom is 0.308 e. The van der Waals surface area contributed by atoms with Gasteiger partial charge >= 0.3 is 5.97 Å². The Balaban J connectivity index is 1.76. The third-order valence-corrected chi connectivity index (χ3v) is 4.32. The predicted octanol–water partition coefficient (Wildman–Crippen LogP) is 1.26. The van der Waals surface area contributed by atoms with E-state index in [4.69, 9.17) is 9.47 Å². The highest BCUT2D eigenvalue weighted by Gasteiger charge is 2.33. The first kappa shape index (κ1) is 14.3. The van der Waals surface area contributed by atoms with Crippen molar-refractivity contribution in [2.75, 3.05) is 13.7 Å². The van der Waals surface area contributed by atoms with Crippen molar-refractivity contribution in [3.05, 3.63) is 0 Å². The number of hydrogen-bond donors (Lipinski definition) is 1. The second-order valence-corrected chi connectivity index (χ2v) is 5.55. The van der Waals surface area contributed by atoms with Crippen LogP contribution in [0.5, 0.6) is 0 Å². The van der Waals surface area contributed by atoms with Gasteiger partial charge in [-0.25, -0.2) is 0 Å². The third-order valence-electron chi connectivity index (χ3n) is 4.32. The average molecular weight is 269 g/mol. The summed E-state index contributed by atoms with van der Waals surface area (Å²) in [4.78, 5) is 23.5. The van der Waals surface area contributed by atoms with Crippen molar-refractivity contribution in [1.29, 1.82) is 0 Å². The minimum Gasteiger partial charge on any atom is -0.469 e. The van der Waals surface area contributed by atoms with Crippen molar-refractivity contribution in [2.24, 2.45) is 11.8 Å². The summed E-state index contributed by atoms with van der Waals surface area (Å²) in [5, 5.41) is 3.10. The van der Waals surface area contributed by atoms with Gasteiger partial charge in [0.05, 0.1) is 25.0 Å². The number of hydrogen-bond acceptors (Lipinski definition) is 4. The minimum atomic E-state index is -0.123. The topological polar surface area (TPSA) is 64.6 Å². The molecule has 108 valence electrons. The molecule has 0 spiro atoms. The monoisotopic (exact) mass is 269 g/mol. The number of carbonyl (C=O) groups excluding carboxylic acids is 2. The van der Waals surface area contributed by atoms with Gasteiger partial charge in [0.15, 0.2) is 0 Å². The lowest BCUT2D eigenvalue weighted by Crippen LogP contribution is -2.43. The predicted molar refractivity (Wildman–Crippen MR) is 69.4 cm³/mol. The zero-order valence-electron chi connectivity index (χ0n) is 11.7. The summed E-state index contributed by atoms with van der Waals surface area (Å²) in [5.41, 5.74) is 0. The van der Waals surface area contributed by atoms with Crippen LogP contribution in [0.1, 0.15) is 39.0 Å². The van der Waals surface area contributed by atoms with Crippen molar-refractivity contribution in [1.82, 2.24) is 5.32 Å². The van der Waals surface area contributed by atoms with Gasteiger partial charge < -0.3 is 14.8 Å². The van der Waals surface area contributed by atoms with E-state index in [0.717, 1.165) is 32.1 Å². The van der Waals surface area contributed by atoms with Crippen LogP contribution < -0.4 is 5.32 Å². The van der Waals surface area contributed by atoms with Crippen molar-refractivity contribution < 1.29 is 19.1 Å². The van der Waals surface area contributed by atoms with Gasteiger partial charge in [0.1, 0.15) is 0 Å². The second-order valence-electron chi connectivity index (χ2n) is 5.55.